The molecule has 0 radical (unpaired) electrons. The van der Waals surface area contributed by atoms with Gasteiger partial charge in [-0.2, -0.15) is 0 Å². The molecule has 1 aliphatic heterocycles. The fourth-order valence-corrected chi connectivity index (χ4v) is 2.53. The predicted molar refractivity (Wildman–Crippen MR) is 68.9 cm³/mol. The van der Waals surface area contributed by atoms with Crippen molar-refractivity contribution >= 4 is 5.97 Å². The Morgan fingerprint density at radius 1 is 1.35 bits per heavy atom. The van der Waals surface area contributed by atoms with Crippen molar-refractivity contribution in [3.8, 4) is 0 Å². The summed E-state index contributed by atoms with van der Waals surface area (Å²) in [5, 5.41) is 0. The van der Waals surface area contributed by atoms with E-state index in [4.69, 9.17) is 4.74 Å². The van der Waals surface area contributed by atoms with E-state index in [0.29, 0.717) is 5.92 Å². The van der Waals surface area contributed by atoms with Gasteiger partial charge in [0.05, 0.1) is 13.0 Å². The lowest BCUT2D eigenvalue weighted by Gasteiger charge is -2.22. The Morgan fingerprint density at radius 2 is 2.00 bits per heavy atom. The number of rotatable bonds is 6. The molecule has 0 spiro atoms. The van der Waals surface area contributed by atoms with Gasteiger partial charge in [0.15, 0.2) is 0 Å². The smallest absolute Gasteiger partial charge is 0.310 e. The van der Waals surface area contributed by atoms with Crippen LogP contribution in [0.3, 0.4) is 0 Å². The van der Waals surface area contributed by atoms with E-state index in [1.54, 1.807) is 0 Å². The van der Waals surface area contributed by atoms with Crippen molar-refractivity contribution in [1.82, 2.24) is 9.80 Å². The van der Waals surface area contributed by atoms with Crippen LogP contribution in [-0.2, 0) is 9.53 Å². The van der Waals surface area contributed by atoms with Crippen molar-refractivity contribution in [3.05, 3.63) is 0 Å². The minimum atomic E-state index is -0.0529. The molecule has 0 aromatic carbocycles. The van der Waals surface area contributed by atoms with Gasteiger partial charge >= 0.3 is 5.97 Å². The quantitative estimate of drug-likeness (QED) is 0.652. The SMILES string of the molecule is CCN(CC)CCN1CC(C)C(C(=O)OC)C1. The van der Waals surface area contributed by atoms with Gasteiger partial charge in [-0.25, -0.2) is 0 Å². The van der Waals surface area contributed by atoms with Gasteiger partial charge in [0, 0.05) is 26.2 Å². The van der Waals surface area contributed by atoms with Crippen molar-refractivity contribution in [2.45, 2.75) is 20.8 Å². The fourth-order valence-electron chi connectivity index (χ4n) is 2.53. The minimum Gasteiger partial charge on any atom is -0.469 e. The minimum absolute atomic E-state index is 0.0529. The van der Waals surface area contributed by atoms with E-state index in [9.17, 15) is 4.79 Å². The number of likely N-dealkylation sites (N-methyl/N-ethyl adjacent to an activating group) is 1. The van der Waals surface area contributed by atoms with Crippen LogP contribution in [0.25, 0.3) is 0 Å². The average Bonchev–Trinajstić information content (AvgIpc) is 2.71. The predicted octanol–water partition coefficient (Wildman–Crippen LogP) is 1.07. The summed E-state index contributed by atoms with van der Waals surface area (Å²) in [5.74, 6) is 0.429. The molecule has 1 rings (SSSR count). The molecule has 0 saturated carbocycles. The van der Waals surface area contributed by atoms with Gasteiger partial charge in [-0.05, 0) is 19.0 Å². The highest BCUT2D eigenvalue weighted by Gasteiger charge is 2.35. The summed E-state index contributed by atoms with van der Waals surface area (Å²) in [7, 11) is 1.48. The molecule has 1 saturated heterocycles. The van der Waals surface area contributed by atoms with Gasteiger partial charge in [-0.1, -0.05) is 20.8 Å². The van der Waals surface area contributed by atoms with Crippen molar-refractivity contribution in [1.29, 1.82) is 0 Å². The maximum absolute atomic E-state index is 11.6. The normalized spacial score (nSPS) is 25.5. The lowest BCUT2D eigenvalue weighted by atomic mass is 9.99. The zero-order valence-corrected chi connectivity index (χ0v) is 11.6. The van der Waals surface area contributed by atoms with E-state index in [-0.39, 0.29) is 11.9 Å². The Labute approximate surface area is 105 Å². The molecule has 100 valence electrons. The lowest BCUT2D eigenvalue weighted by molar-refractivity contribution is -0.146. The standard InChI is InChI=1S/C13H26N2O2/c1-5-14(6-2)7-8-15-9-11(3)12(10-15)13(16)17-4/h11-12H,5-10H2,1-4H3. The Balaban J connectivity index is 2.36. The van der Waals surface area contributed by atoms with Crippen molar-refractivity contribution < 1.29 is 9.53 Å². The molecule has 0 aromatic heterocycles. The lowest BCUT2D eigenvalue weighted by Crippen LogP contribution is -2.34. The number of ether oxygens (including phenoxy) is 1. The van der Waals surface area contributed by atoms with E-state index in [2.05, 4.69) is 30.6 Å². The Hall–Kier alpha value is -0.610. The van der Waals surface area contributed by atoms with Crippen LogP contribution in [0.2, 0.25) is 0 Å². The molecule has 17 heavy (non-hydrogen) atoms. The number of nitrogens with zero attached hydrogens (tertiary/aromatic N) is 2. The van der Waals surface area contributed by atoms with Gasteiger partial charge in [-0.3, -0.25) is 4.79 Å². The van der Waals surface area contributed by atoms with Gasteiger partial charge < -0.3 is 14.5 Å². The summed E-state index contributed by atoms with van der Waals surface area (Å²) < 4.78 is 4.84. The van der Waals surface area contributed by atoms with Gasteiger partial charge in [0.2, 0.25) is 0 Å². The monoisotopic (exact) mass is 242 g/mol. The first-order valence-electron chi connectivity index (χ1n) is 6.64. The summed E-state index contributed by atoms with van der Waals surface area (Å²) in [5.41, 5.74) is 0. The second kappa shape index (κ2) is 6.97. The van der Waals surface area contributed by atoms with E-state index < -0.39 is 0 Å². The summed E-state index contributed by atoms with van der Waals surface area (Å²) >= 11 is 0. The zero-order valence-electron chi connectivity index (χ0n) is 11.6. The van der Waals surface area contributed by atoms with E-state index >= 15 is 0 Å². The molecular weight excluding hydrogens is 216 g/mol. The van der Waals surface area contributed by atoms with E-state index in [0.717, 1.165) is 39.3 Å². The van der Waals surface area contributed by atoms with Gasteiger partial charge in [0.25, 0.3) is 0 Å². The van der Waals surface area contributed by atoms with Crippen LogP contribution >= 0.6 is 0 Å². The van der Waals surface area contributed by atoms with Crippen molar-refractivity contribution in [3.63, 3.8) is 0 Å². The van der Waals surface area contributed by atoms with E-state index in [1.807, 2.05) is 0 Å². The summed E-state index contributed by atoms with van der Waals surface area (Å²) in [6, 6.07) is 0. The average molecular weight is 242 g/mol. The molecule has 4 nitrogen and oxygen atoms in total. The number of carbonyl (C=O) groups excluding carboxylic acids is 1. The first-order chi connectivity index (χ1) is 8.12. The molecule has 0 aliphatic carbocycles. The van der Waals surface area contributed by atoms with Crippen LogP contribution in [0, 0.1) is 11.8 Å². The largest absolute Gasteiger partial charge is 0.469 e. The Morgan fingerprint density at radius 3 is 2.53 bits per heavy atom. The summed E-state index contributed by atoms with van der Waals surface area (Å²) in [6.07, 6.45) is 0. The van der Waals surface area contributed by atoms with E-state index in [1.165, 1.54) is 7.11 Å². The highest BCUT2D eigenvalue weighted by atomic mass is 16.5. The maximum atomic E-state index is 11.6. The molecule has 0 N–H and O–H groups in total. The zero-order chi connectivity index (χ0) is 12.8. The molecule has 1 aliphatic rings. The van der Waals surface area contributed by atoms with Gasteiger partial charge in [-0.15, -0.1) is 0 Å². The molecule has 1 heterocycles. The fraction of sp³-hybridized carbons (Fsp3) is 0.923. The third-order valence-electron chi connectivity index (χ3n) is 3.82. The topological polar surface area (TPSA) is 32.8 Å². The second-order valence-electron chi connectivity index (χ2n) is 4.89. The Bertz CT molecular complexity index is 242. The molecule has 2 atom stereocenters. The Kier molecular flexibility index (Phi) is 5.92. The maximum Gasteiger partial charge on any atom is 0.310 e. The van der Waals surface area contributed by atoms with Crippen molar-refractivity contribution in [2.24, 2.45) is 11.8 Å². The van der Waals surface area contributed by atoms with Crippen molar-refractivity contribution in [2.75, 3.05) is 46.4 Å². The van der Waals surface area contributed by atoms with Gasteiger partial charge in [0.1, 0.15) is 0 Å². The first-order valence-corrected chi connectivity index (χ1v) is 6.64. The number of carbonyl (C=O) groups is 1. The number of hydrogen-bond donors (Lipinski definition) is 0. The number of hydrogen-bond acceptors (Lipinski definition) is 4. The molecule has 4 heteroatoms. The number of methoxy groups -OCH3 is 1. The van der Waals surface area contributed by atoms with Crippen LogP contribution < -0.4 is 0 Å². The molecular formula is C13H26N2O2. The third-order valence-corrected chi connectivity index (χ3v) is 3.82. The van der Waals surface area contributed by atoms with Crippen LogP contribution in [0.5, 0.6) is 0 Å². The first kappa shape index (κ1) is 14.5. The summed E-state index contributed by atoms with van der Waals surface area (Å²) in [4.78, 5) is 16.4. The van der Waals surface area contributed by atoms with Crippen LogP contribution in [0.1, 0.15) is 20.8 Å². The molecule has 0 amide bonds. The second-order valence-corrected chi connectivity index (χ2v) is 4.89. The highest BCUT2D eigenvalue weighted by molar-refractivity contribution is 5.73. The van der Waals surface area contributed by atoms with Crippen LogP contribution in [-0.4, -0.2) is 62.1 Å². The number of likely N-dealkylation sites (tertiary alicyclic amines) is 1. The molecule has 1 fully saturated rings. The highest BCUT2D eigenvalue weighted by Crippen LogP contribution is 2.23. The number of esters is 1. The van der Waals surface area contributed by atoms with Crippen LogP contribution in [0.4, 0.5) is 0 Å². The molecule has 0 aromatic rings. The molecule has 0 bridgehead atoms. The molecule has 2 unspecified atom stereocenters. The van der Waals surface area contributed by atoms with Crippen LogP contribution in [0.15, 0.2) is 0 Å². The third kappa shape index (κ3) is 3.96. The summed E-state index contributed by atoms with van der Waals surface area (Å²) in [6.45, 7) is 12.7.